The lowest BCUT2D eigenvalue weighted by Crippen LogP contribution is -2.48. The summed E-state index contributed by atoms with van der Waals surface area (Å²) >= 11 is 0. The van der Waals surface area contributed by atoms with Crippen molar-refractivity contribution in [1.29, 1.82) is 5.26 Å². The van der Waals surface area contributed by atoms with Gasteiger partial charge in [0.15, 0.2) is 0 Å². The van der Waals surface area contributed by atoms with Crippen molar-refractivity contribution >= 4 is 21.8 Å². The van der Waals surface area contributed by atoms with Gasteiger partial charge in [-0.1, -0.05) is 48.5 Å². The smallest absolute Gasteiger partial charge is 0.299 e. The highest BCUT2D eigenvalue weighted by Gasteiger charge is 2.38. The topological polar surface area (TPSA) is 120 Å². The monoisotopic (exact) mass is 518 g/mol. The number of hydrogen-bond donors (Lipinski definition) is 3. The summed E-state index contributed by atoms with van der Waals surface area (Å²) < 4.78 is 36.1. The molecule has 0 radical (unpaired) electrons. The van der Waals surface area contributed by atoms with Crippen LogP contribution in [0.5, 0.6) is 5.75 Å². The van der Waals surface area contributed by atoms with Gasteiger partial charge in [0.25, 0.3) is 16.1 Å². The Morgan fingerprint density at radius 2 is 1.73 bits per heavy atom. The number of amides is 1. The second-order valence-corrected chi connectivity index (χ2v) is 10.7. The maximum absolute atomic E-state index is 13.0. The van der Waals surface area contributed by atoms with Gasteiger partial charge in [-0.3, -0.25) is 9.52 Å². The van der Waals surface area contributed by atoms with E-state index >= 15 is 0 Å². The lowest BCUT2D eigenvalue weighted by Gasteiger charge is -2.41. The second-order valence-electron chi connectivity index (χ2n) is 9.22. The van der Waals surface area contributed by atoms with E-state index in [0.29, 0.717) is 54.8 Å². The van der Waals surface area contributed by atoms with E-state index in [1.807, 2.05) is 30.3 Å². The Morgan fingerprint density at radius 3 is 2.43 bits per heavy atom. The van der Waals surface area contributed by atoms with Crippen molar-refractivity contribution in [2.24, 2.45) is 0 Å². The molecule has 0 bridgehead atoms. The molecule has 3 aromatic carbocycles. The van der Waals surface area contributed by atoms with E-state index in [1.165, 1.54) is 13.2 Å². The van der Waals surface area contributed by atoms with E-state index in [2.05, 4.69) is 26.9 Å². The van der Waals surface area contributed by atoms with Crippen molar-refractivity contribution in [3.8, 4) is 11.8 Å². The highest BCUT2D eigenvalue weighted by Crippen LogP contribution is 2.39. The molecule has 0 heterocycles. The van der Waals surface area contributed by atoms with Crippen LogP contribution in [0, 0.1) is 11.3 Å². The van der Waals surface area contributed by atoms with E-state index < -0.39 is 10.2 Å². The molecule has 9 heteroatoms. The third-order valence-corrected chi connectivity index (χ3v) is 7.98. The van der Waals surface area contributed by atoms with Crippen LogP contribution in [0.25, 0.3) is 0 Å². The molecule has 4 rings (SSSR count). The number of nitriles is 1. The van der Waals surface area contributed by atoms with Gasteiger partial charge in [0.05, 0.1) is 30.0 Å². The molecule has 1 fully saturated rings. The highest BCUT2D eigenvalue weighted by atomic mass is 32.2. The van der Waals surface area contributed by atoms with Gasteiger partial charge in [0.1, 0.15) is 5.75 Å². The molecular formula is C28H30N4O4S. The summed E-state index contributed by atoms with van der Waals surface area (Å²) in [6.45, 7) is 0.423. The molecule has 0 saturated heterocycles. The van der Waals surface area contributed by atoms with E-state index in [-0.39, 0.29) is 17.4 Å². The van der Waals surface area contributed by atoms with Gasteiger partial charge in [0.2, 0.25) is 0 Å². The number of para-hydroxylation sites is 1. The maximum Gasteiger partial charge on any atom is 0.299 e. The number of hydrogen-bond acceptors (Lipinski definition) is 5. The van der Waals surface area contributed by atoms with Crippen molar-refractivity contribution in [2.45, 2.75) is 37.1 Å². The standard InChI is InChI=1S/C28H30N4O4S/c1-36-26-13-6-5-12-25(26)27(33)30-20-28(22-9-3-2-4-10-22)16-14-23(15-17-28)31-37(34,35)32-24-11-7-8-21(18-24)19-29/h2-13,18,23,31-32H,14-17,20H2,1H3,(H,30,33). The number of carbonyl (C=O) groups is 1. The first-order chi connectivity index (χ1) is 17.8. The molecular weight excluding hydrogens is 488 g/mol. The minimum atomic E-state index is -3.82. The summed E-state index contributed by atoms with van der Waals surface area (Å²) in [5.41, 5.74) is 1.97. The van der Waals surface area contributed by atoms with Crippen LogP contribution < -0.4 is 19.5 Å². The van der Waals surface area contributed by atoms with Gasteiger partial charge in [-0.15, -0.1) is 0 Å². The van der Waals surface area contributed by atoms with Gasteiger partial charge in [-0.25, -0.2) is 0 Å². The van der Waals surface area contributed by atoms with Crippen LogP contribution in [-0.2, 0) is 15.6 Å². The Kier molecular flexibility index (Phi) is 8.11. The normalized spacial score (nSPS) is 19.4. The van der Waals surface area contributed by atoms with Crippen molar-refractivity contribution in [3.63, 3.8) is 0 Å². The zero-order chi connectivity index (χ0) is 26.3. The molecule has 0 aromatic heterocycles. The van der Waals surface area contributed by atoms with Gasteiger partial charge in [0, 0.05) is 18.0 Å². The Hall–Kier alpha value is -3.87. The average Bonchev–Trinajstić information content (AvgIpc) is 2.92. The molecule has 1 aliphatic carbocycles. The number of carbonyl (C=O) groups excluding carboxylic acids is 1. The molecule has 37 heavy (non-hydrogen) atoms. The summed E-state index contributed by atoms with van der Waals surface area (Å²) in [7, 11) is -2.29. The van der Waals surface area contributed by atoms with Gasteiger partial charge < -0.3 is 10.1 Å². The predicted octanol–water partition coefficient (Wildman–Crippen LogP) is 4.12. The van der Waals surface area contributed by atoms with Crippen molar-refractivity contribution in [1.82, 2.24) is 10.0 Å². The minimum absolute atomic E-state index is 0.209. The summed E-state index contributed by atoms with van der Waals surface area (Å²) in [5.74, 6) is 0.305. The molecule has 1 aliphatic rings. The molecule has 3 aromatic rings. The van der Waals surface area contributed by atoms with Gasteiger partial charge >= 0.3 is 0 Å². The largest absolute Gasteiger partial charge is 0.496 e. The molecule has 192 valence electrons. The number of methoxy groups -OCH3 is 1. The Balaban J connectivity index is 1.44. The fourth-order valence-corrected chi connectivity index (χ4v) is 6.05. The fourth-order valence-electron chi connectivity index (χ4n) is 4.88. The van der Waals surface area contributed by atoms with Crippen LogP contribution >= 0.6 is 0 Å². The molecule has 8 nitrogen and oxygen atoms in total. The van der Waals surface area contributed by atoms with E-state index in [0.717, 1.165) is 5.56 Å². The molecule has 0 aliphatic heterocycles. The first kappa shape index (κ1) is 26.2. The number of benzene rings is 3. The Labute approximate surface area is 217 Å². The quantitative estimate of drug-likeness (QED) is 0.394. The number of nitrogens with one attached hydrogen (secondary N) is 3. The minimum Gasteiger partial charge on any atom is -0.496 e. The molecule has 1 amide bonds. The third kappa shape index (κ3) is 6.47. The number of rotatable bonds is 9. The number of ether oxygens (including phenoxy) is 1. The van der Waals surface area contributed by atoms with Crippen LogP contribution in [0.2, 0.25) is 0 Å². The Bertz CT molecular complexity index is 1380. The zero-order valence-electron chi connectivity index (χ0n) is 20.6. The molecule has 0 atom stereocenters. The SMILES string of the molecule is COc1ccccc1C(=O)NCC1(c2ccccc2)CCC(NS(=O)(=O)Nc2cccc(C#N)c2)CC1. The van der Waals surface area contributed by atoms with Crippen LogP contribution in [0.1, 0.15) is 47.2 Å². The zero-order valence-corrected chi connectivity index (χ0v) is 21.4. The van der Waals surface area contributed by atoms with Gasteiger partial charge in [-0.05, 0) is 61.6 Å². The predicted molar refractivity (Wildman–Crippen MR) is 143 cm³/mol. The molecule has 1 saturated carbocycles. The highest BCUT2D eigenvalue weighted by molar-refractivity contribution is 7.90. The molecule has 3 N–H and O–H groups in total. The lowest BCUT2D eigenvalue weighted by atomic mass is 9.68. The fraction of sp³-hybridized carbons (Fsp3) is 0.286. The third-order valence-electron chi connectivity index (χ3n) is 6.83. The Morgan fingerprint density at radius 1 is 1.03 bits per heavy atom. The van der Waals surface area contributed by atoms with E-state index in [9.17, 15) is 13.2 Å². The first-order valence-electron chi connectivity index (χ1n) is 12.1. The molecule has 0 spiro atoms. The van der Waals surface area contributed by atoms with Crippen molar-refractivity contribution < 1.29 is 17.9 Å². The summed E-state index contributed by atoms with van der Waals surface area (Å²) in [6.07, 6.45) is 2.61. The number of anilines is 1. The summed E-state index contributed by atoms with van der Waals surface area (Å²) in [5, 5.41) is 12.2. The van der Waals surface area contributed by atoms with Crippen LogP contribution in [0.4, 0.5) is 5.69 Å². The summed E-state index contributed by atoms with van der Waals surface area (Å²) in [4.78, 5) is 13.0. The second kappa shape index (κ2) is 11.5. The lowest BCUT2D eigenvalue weighted by molar-refractivity contribution is 0.0932. The maximum atomic E-state index is 13.0. The van der Waals surface area contributed by atoms with Crippen LogP contribution in [0.15, 0.2) is 78.9 Å². The number of nitrogens with zero attached hydrogens (tertiary/aromatic N) is 1. The first-order valence-corrected chi connectivity index (χ1v) is 13.6. The van der Waals surface area contributed by atoms with Gasteiger partial charge in [-0.2, -0.15) is 18.4 Å². The van der Waals surface area contributed by atoms with E-state index in [1.54, 1.807) is 36.4 Å². The average molecular weight is 519 g/mol. The summed E-state index contributed by atoms with van der Waals surface area (Å²) in [6, 6.07) is 25.2. The van der Waals surface area contributed by atoms with Crippen LogP contribution in [-0.4, -0.2) is 34.0 Å². The van der Waals surface area contributed by atoms with E-state index in [4.69, 9.17) is 10.00 Å². The van der Waals surface area contributed by atoms with Crippen LogP contribution in [0.3, 0.4) is 0 Å². The van der Waals surface area contributed by atoms with Crippen molar-refractivity contribution in [2.75, 3.05) is 18.4 Å². The van der Waals surface area contributed by atoms with Crippen molar-refractivity contribution in [3.05, 3.63) is 95.6 Å². The molecule has 0 unspecified atom stereocenters.